The summed E-state index contributed by atoms with van der Waals surface area (Å²) in [6.45, 7) is 0. The molecule has 1 heterocycles. The Balaban J connectivity index is 2.42. The second kappa shape index (κ2) is 4.84. The average Bonchev–Trinajstić information content (AvgIpc) is 2.61. The zero-order valence-corrected chi connectivity index (χ0v) is 10.4. The van der Waals surface area contributed by atoms with Crippen LogP contribution in [0.3, 0.4) is 0 Å². The highest BCUT2D eigenvalue weighted by atomic mass is 35.5. The molecule has 0 N–H and O–H groups in total. The number of nitrogens with zero attached hydrogens (tertiary/aromatic N) is 2. The molecule has 0 saturated heterocycles. The van der Waals surface area contributed by atoms with Gasteiger partial charge < -0.3 is 0 Å². The second-order valence-electron chi connectivity index (χ2n) is 3.08. The predicted octanol–water partition coefficient (Wildman–Crippen LogP) is 4.18. The molecule has 0 radical (unpaired) electrons. The van der Waals surface area contributed by atoms with Crippen LogP contribution in [0, 0.1) is 11.3 Å². The van der Waals surface area contributed by atoms with Gasteiger partial charge in [-0.15, -0.1) is 11.3 Å². The molecule has 1 aromatic heterocycles. The van der Waals surface area contributed by atoms with E-state index in [-0.39, 0.29) is 6.42 Å². The maximum absolute atomic E-state index is 8.60. The number of rotatable bonds is 2. The van der Waals surface area contributed by atoms with Gasteiger partial charge in [-0.05, 0) is 12.1 Å². The molecule has 16 heavy (non-hydrogen) atoms. The molecule has 2 rings (SSSR count). The molecule has 2 nitrogen and oxygen atoms in total. The Morgan fingerprint density at radius 1 is 1.38 bits per heavy atom. The Bertz CT molecular complexity index is 557. The van der Waals surface area contributed by atoms with Gasteiger partial charge in [0.25, 0.3) is 0 Å². The third-order valence-corrected chi connectivity index (χ3v) is 3.59. The van der Waals surface area contributed by atoms with Crippen LogP contribution < -0.4 is 0 Å². The summed E-state index contributed by atoms with van der Waals surface area (Å²) in [5.41, 5.74) is 1.55. The summed E-state index contributed by atoms with van der Waals surface area (Å²) in [7, 11) is 0. The third kappa shape index (κ3) is 2.35. The first kappa shape index (κ1) is 11.4. The highest BCUT2D eigenvalue weighted by molar-refractivity contribution is 7.19. The fraction of sp³-hybridized carbons (Fsp3) is 0.0909. The fourth-order valence-electron chi connectivity index (χ4n) is 1.26. The number of hydrogen-bond acceptors (Lipinski definition) is 3. The predicted molar refractivity (Wildman–Crippen MR) is 66.9 cm³/mol. The summed E-state index contributed by atoms with van der Waals surface area (Å²) in [6, 6.07) is 9.43. The Kier molecular flexibility index (Phi) is 3.45. The Labute approximate surface area is 107 Å². The molecule has 0 atom stereocenters. The summed E-state index contributed by atoms with van der Waals surface area (Å²) in [6.07, 6.45) is 0.232. The zero-order chi connectivity index (χ0) is 11.5. The molecule has 1 aromatic carbocycles. The minimum atomic E-state index is 0.232. The molecule has 0 spiro atoms. The van der Waals surface area contributed by atoms with Crippen LogP contribution in [-0.2, 0) is 6.42 Å². The Hall–Kier alpha value is -1.08. The smallest absolute Gasteiger partial charge is 0.125 e. The molecule has 2 aromatic rings. The van der Waals surface area contributed by atoms with Crippen LogP contribution >= 0.6 is 34.5 Å². The second-order valence-corrected chi connectivity index (χ2v) is 5.12. The number of thiazole rings is 1. The van der Waals surface area contributed by atoms with Crippen LogP contribution in [0.5, 0.6) is 0 Å². The first-order valence-electron chi connectivity index (χ1n) is 4.49. The molecule has 0 aliphatic carbocycles. The lowest BCUT2D eigenvalue weighted by Gasteiger charge is -1.95. The summed E-state index contributed by atoms with van der Waals surface area (Å²) in [5, 5.41) is 10.1. The van der Waals surface area contributed by atoms with E-state index in [1.54, 1.807) is 6.07 Å². The van der Waals surface area contributed by atoms with Crippen molar-refractivity contribution in [3.63, 3.8) is 0 Å². The van der Waals surface area contributed by atoms with Gasteiger partial charge in [-0.2, -0.15) is 5.26 Å². The molecule has 5 heteroatoms. The van der Waals surface area contributed by atoms with Crippen molar-refractivity contribution in [2.24, 2.45) is 0 Å². The lowest BCUT2D eigenvalue weighted by Crippen LogP contribution is -1.82. The maximum Gasteiger partial charge on any atom is 0.125 e. The first-order valence-corrected chi connectivity index (χ1v) is 6.06. The SMILES string of the molecule is N#CCc1nc(-c2cccc(Cl)c2)sc1Cl. The molecular weight excluding hydrogens is 263 g/mol. The van der Waals surface area contributed by atoms with Crippen molar-refractivity contribution in [1.29, 1.82) is 5.26 Å². The molecule has 0 unspecified atom stereocenters. The van der Waals surface area contributed by atoms with Gasteiger partial charge in [0.2, 0.25) is 0 Å². The van der Waals surface area contributed by atoms with E-state index in [2.05, 4.69) is 4.98 Å². The lowest BCUT2D eigenvalue weighted by atomic mass is 10.2. The van der Waals surface area contributed by atoms with Gasteiger partial charge in [-0.1, -0.05) is 35.3 Å². The van der Waals surface area contributed by atoms with E-state index >= 15 is 0 Å². The van der Waals surface area contributed by atoms with E-state index in [1.807, 2.05) is 24.3 Å². The summed E-state index contributed by atoms with van der Waals surface area (Å²) >= 11 is 13.2. The lowest BCUT2D eigenvalue weighted by molar-refractivity contribution is 1.16. The van der Waals surface area contributed by atoms with Crippen molar-refractivity contribution in [2.75, 3.05) is 0 Å². The molecular formula is C11H6Cl2N2S. The molecule has 0 aliphatic rings. The number of hydrogen-bond donors (Lipinski definition) is 0. The highest BCUT2D eigenvalue weighted by Gasteiger charge is 2.10. The minimum Gasteiger partial charge on any atom is -0.238 e. The van der Waals surface area contributed by atoms with Crippen molar-refractivity contribution in [3.05, 3.63) is 39.3 Å². The van der Waals surface area contributed by atoms with E-state index in [1.165, 1.54) is 11.3 Å². The molecule has 0 aliphatic heterocycles. The van der Waals surface area contributed by atoms with Crippen LogP contribution in [-0.4, -0.2) is 4.98 Å². The van der Waals surface area contributed by atoms with Crippen molar-refractivity contribution in [1.82, 2.24) is 4.98 Å². The Morgan fingerprint density at radius 3 is 2.88 bits per heavy atom. The first-order chi connectivity index (χ1) is 7.70. The number of benzene rings is 1. The van der Waals surface area contributed by atoms with Crippen molar-refractivity contribution in [3.8, 4) is 16.6 Å². The van der Waals surface area contributed by atoms with Crippen LogP contribution in [0.15, 0.2) is 24.3 Å². The van der Waals surface area contributed by atoms with Gasteiger partial charge in [0, 0.05) is 10.6 Å². The van der Waals surface area contributed by atoms with E-state index < -0.39 is 0 Å². The zero-order valence-electron chi connectivity index (χ0n) is 8.08. The quantitative estimate of drug-likeness (QED) is 0.819. The van der Waals surface area contributed by atoms with E-state index in [9.17, 15) is 0 Å². The van der Waals surface area contributed by atoms with Crippen molar-refractivity contribution in [2.45, 2.75) is 6.42 Å². The summed E-state index contributed by atoms with van der Waals surface area (Å²) in [4.78, 5) is 4.32. The van der Waals surface area contributed by atoms with Gasteiger partial charge in [0.1, 0.15) is 9.34 Å². The van der Waals surface area contributed by atoms with Crippen LogP contribution in [0.4, 0.5) is 0 Å². The Morgan fingerprint density at radius 2 is 2.19 bits per heavy atom. The largest absolute Gasteiger partial charge is 0.238 e. The molecule has 80 valence electrons. The third-order valence-electron chi connectivity index (χ3n) is 1.97. The van der Waals surface area contributed by atoms with Gasteiger partial charge in [0.15, 0.2) is 0 Å². The van der Waals surface area contributed by atoms with Gasteiger partial charge in [0.05, 0.1) is 18.2 Å². The fourth-order valence-corrected chi connectivity index (χ4v) is 2.59. The van der Waals surface area contributed by atoms with Crippen LogP contribution in [0.25, 0.3) is 10.6 Å². The standard InChI is InChI=1S/C11H6Cl2N2S/c12-8-3-1-2-7(6-8)11-15-9(4-5-14)10(13)16-11/h1-3,6H,4H2. The van der Waals surface area contributed by atoms with Crippen molar-refractivity contribution >= 4 is 34.5 Å². The number of nitriles is 1. The van der Waals surface area contributed by atoms with E-state index in [4.69, 9.17) is 28.5 Å². The molecule has 0 bridgehead atoms. The van der Waals surface area contributed by atoms with Crippen LogP contribution in [0.1, 0.15) is 5.69 Å². The summed E-state index contributed by atoms with van der Waals surface area (Å²) < 4.78 is 0.566. The maximum atomic E-state index is 8.60. The molecule has 0 fully saturated rings. The number of aromatic nitrogens is 1. The van der Waals surface area contributed by atoms with Gasteiger partial charge in [-0.25, -0.2) is 4.98 Å². The monoisotopic (exact) mass is 268 g/mol. The van der Waals surface area contributed by atoms with E-state index in [0.29, 0.717) is 15.1 Å². The average molecular weight is 269 g/mol. The van der Waals surface area contributed by atoms with E-state index in [0.717, 1.165) is 10.6 Å². The highest BCUT2D eigenvalue weighted by Crippen LogP contribution is 2.32. The minimum absolute atomic E-state index is 0.232. The van der Waals surface area contributed by atoms with Crippen molar-refractivity contribution < 1.29 is 0 Å². The normalized spacial score (nSPS) is 10.1. The molecule has 0 amide bonds. The summed E-state index contributed by atoms with van der Waals surface area (Å²) in [5.74, 6) is 0. The van der Waals surface area contributed by atoms with Crippen LogP contribution in [0.2, 0.25) is 9.36 Å². The van der Waals surface area contributed by atoms with Gasteiger partial charge >= 0.3 is 0 Å². The number of halogens is 2. The van der Waals surface area contributed by atoms with Gasteiger partial charge in [-0.3, -0.25) is 0 Å². The topological polar surface area (TPSA) is 36.7 Å². The molecule has 0 saturated carbocycles.